The second kappa shape index (κ2) is 9.15. The number of hydrogen-bond donors (Lipinski definition) is 1. The first-order chi connectivity index (χ1) is 14.6. The van der Waals surface area contributed by atoms with Gasteiger partial charge in [0.15, 0.2) is 5.75 Å². The van der Waals surface area contributed by atoms with Gasteiger partial charge in [-0.25, -0.2) is 8.42 Å². The van der Waals surface area contributed by atoms with Gasteiger partial charge in [0.2, 0.25) is 15.9 Å². The average Bonchev–Trinajstić information content (AvgIpc) is 2.74. The maximum Gasteiger partial charge on any atom is 0.573 e. The van der Waals surface area contributed by atoms with Gasteiger partial charge in [0.25, 0.3) is 0 Å². The van der Waals surface area contributed by atoms with E-state index in [9.17, 15) is 26.4 Å². The number of ether oxygens (including phenoxy) is 2. The van der Waals surface area contributed by atoms with Gasteiger partial charge in [0.1, 0.15) is 5.75 Å². The Balaban J connectivity index is 1.72. The first-order valence-electron chi connectivity index (χ1n) is 9.40. The smallest absolute Gasteiger partial charge is 0.497 e. The second-order valence-electron chi connectivity index (χ2n) is 6.91. The Hall–Kier alpha value is -2.79. The average molecular weight is 458 g/mol. The third-order valence-electron chi connectivity index (χ3n) is 4.82. The molecule has 2 aromatic rings. The first kappa shape index (κ1) is 22.9. The molecule has 1 heterocycles. The van der Waals surface area contributed by atoms with Crippen LogP contribution in [0.15, 0.2) is 53.4 Å². The minimum Gasteiger partial charge on any atom is -0.497 e. The molecule has 0 aromatic heterocycles. The highest BCUT2D eigenvalue weighted by Crippen LogP contribution is 2.31. The Morgan fingerprint density at radius 1 is 1.13 bits per heavy atom. The molecule has 0 aliphatic carbocycles. The molecule has 31 heavy (non-hydrogen) atoms. The number of piperidine rings is 1. The van der Waals surface area contributed by atoms with Crippen LogP contribution in [0.5, 0.6) is 11.5 Å². The van der Waals surface area contributed by atoms with E-state index in [1.807, 2.05) is 0 Å². The maximum absolute atomic E-state index is 12.9. The Morgan fingerprint density at radius 2 is 1.81 bits per heavy atom. The van der Waals surface area contributed by atoms with E-state index in [-0.39, 0.29) is 23.7 Å². The summed E-state index contributed by atoms with van der Waals surface area (Å²) in [7, 11) is -2.37. The molecular weight excluding hydrogens is 437 g/mol. The summed E-state index contributed by atoms with van der Waals surface area (Å²) in [4.78, 5) is 12.8. The highest BCUT2D eigenvalue weighted by atomic mass is 32.2. The number of benzene rings is 2. The van der Waals surface area contributed by atoms with Gasteiger partial charge in [-0.3, -0.25) is 4.79 Å². The van der Waals surface area contributed by atoms with Crippen LogP contribution in [-0.2, 0) is 14.8 Å². The summed E-state index contributed by atoms with van der Waals surface area (Å²) >= 11 is 0. The Kier molecular flexibility index (Phi) is 6.75. The Labute approximate surface area is 177 Å². The minimum atomic E-state index is -4.91. The van der Waals surface area contributed by atoms with Crippen molar-refractivity contribution < 1.29 is 35.9 Å². The fraction of sp³-hybridized carbons (Fsp3) is 0.350. The van der Waals surface area contributed by atoms with Gasteiger partial charge in [-0.15, -0.1) is 13.2 Å². The summed E-state index contributed by atoms with van der Waals surface area (Å²) in [5.41, 5.74) is -0.139. The first-order valence-corrected chi connectivity index (χ1v) is 10.8. The molecule has 0 spiro atoms. The molecule has 0 bridgehead atoms. The van der Waals surface area contributed by atoms with Crippen LogP contribution in [0, 0.1) is 5.92 Å². The molecule has 1 aliphatic heterocycles. The van der Waals surface area contributed by atoms with E-state index in [0.717, 1.165) is 6.07 Å². The van der Waals surface area contributed by atoms with E-state index in [2.05, 4.69) is 10.1 Å². The highest BCUT2D eigenvalue weighted by molar-refractivity contribution is 7.89. The summed E-state index contributed by atoms with van der Waals surface area (Å²) in [5, 5.41) is 2.43. The van der Waals surface area contributed by atoms with E-state index in [1.54, 1.807) is 0 Å². The third kappa shape index (κ3) is 5.67. The summed E-state index contributed by atoms with van der Waals surface area (Å²) in [6.45, 7) is 0.161. The van der Waals surface area contributed by atoms with Crippen molar-refractivity contribution in [2.75, 3.05) is 25.5 Å². The van der Waals surface area contributed by atoms with Gasteiger partial charge >= 0.3 is 6.36 Å². The van der Waals surface area contributed by atoms with E-state index in [4.69, 9.17) is 4.74 Å². The number of rotatable bonds is 6. The lowest BCUT2D eigenvalue weighted by Crippen LogP contribution is -2.43. The molecule has 1 N–H and O–H groups in total. The number of alkyl halides is 3. The van der Waals surface area contributed by atoms with Crippen molar-refractivity contribution in [3.63, 3.8) is 0 Å². The highest BCUT2D eigenvalue weighted by Gasteiger charge is 2.35. The molecule has 11 heteroatoms. The molecular formula is C20H21F3N2O5S. The number of carbonyl (C=O) groups excluding carboxylic acids is 1. The normalized spacial score (nSPS) is 17.7. The van der Waals surface area contributed by atoms with Crippen LogP contribution >= 0.6 is 0 Å². The van der Waals surface area contributed by atoms with Gasteiger partial charge in [0.05, 0.1) is 23.6 Å². The maximum atomic E-state index is 12.9. The number of carbonyl (C=O) groups is 1. The predicted molar refractivity (Wildman–Crippen MR) is 106 cm³/mol. The number of anilines is 1. The zero-order chi connectivity index (χ0) is 22.6. The molecule has 1 aliphatic rings. The third-order valence-corrected chi connectivity index (χ3v) is 6.70. The van der Waals surface area contributed by atoms with Gasteiger partial charge in [-0.2, -0.15) is 4.31 Å². The van der Waals surface area contributed by atoms with Gasteiger partial charge in [-0.1, -0.05) is 12.1 Å². The monoisotopic (exact) mass is 458 g/mol. The van der Waals surface area contributed by atoms with Crippen molar-refractivity contribution in [1.82, 2.24) is 4.31 Å². The number of para-hydroxylation sites is 2. The van der Waals surface area contributed by atoms with Crippen LogP contribution in [-0.4, -0.2) is 45.2 Å². The summed E-state index contributed by atoms with van der Waals surface area (Å²) in [6, 6.07) is 11.1. The minimum absolute atomic E-state index is 0.0679. The number of methoxy groups -OCH3 is 1. The van der Waals surface area contributed by atoms with Crippen LogP contribution in [0.1, 0.15) is 12.8 Å². The largest absolute Gasteiger partial charge is 0.573 e. The summed E-state index contributed by atoms with van der Waals surface area (Å²) < 4.78 is 73.8. The molecule has 1 atom stereocenters. The van der Waals surface area contributed by atoms with Gasteiger partial charge < -0.3 is 14.8 Å². The number of halogens is 3. The molecule has 1 saturated heterocycles. The molecule has 7 nitrogen and oxygen atoms in total. The molecule has 0 radical (unpaired) electrons. The lowest BCUT2D eigenvalue weighted by Gasteiger charge is -2.31. The number of hydrogen-bond acceptors (Lipinski definition) is 5. The Bertz CT molecular complexity index is 1030. The number of sulfonamides is 1. The van der Waals surface area contributed by atoms with Crippen LogP contribution in [0.3, 0.4) is 0 Å². The molecule has 1 fully saturated rings. The fourth-order valence-electron chi connectivity index (χ4n) is 3.29. The van der Waals surface area contributed by atoms with E-state index >= 15 is 0 Å². The van der Waals surface area contributed by atoms with Crippen LogP contribution in [0.2, 0.25) is 0 Å². The second-order valence-corrected chi connectivity index (χ2v) is 8.85. The van der Waals surface area contributed by atoms with Crippen LogP contribution in [0.4, 0.5) is 18.9 Å². The van der Waals surface area contributed by atoms with Gasteiger partial charge in [-0.05, 0) is 49.2 Å². The van der Waals surface area contributed by atoms with Crippen molar-refractivity contribution >= 4 is 21.6 Å². The quantitative estimate of drug-likeness (QED) is 0.715. The topological polar surface area (TPSA) is 84.9 Å². The van der Waals surface area contributed by atoms with Crippen molar-refractivity contribution in [1.29, 1.82) is 0 Å². The van der Waals surface area contributed by atoms with E-state index < -0.39 is 34.0 Å². The zero-order valence-corrected chi connectivity index (χ0v) is 17.4. The number of nitrogens with one attached hydrogen (secondary N) is 1. The van der Waals surface area contributed by atoms with Gasteiger partial charge in [0, 0.05) is 13.1 Å². The predicted octanol–water partition coefficient (Wildman–Crippen LogP) is 3.63. The molecule has 0 saturated carbocycles. The molecule has 3 rings (SSSR count). The van der Waals surface area contributed by atoms with Crippen molar-refractivity contribution in [2.45, 2.75) is 24.1 Å². The summed E-state index contributed by atoms with van der Waals surface area (Å²) in [6.07, 6.45) is -4.06. The fourth-order valence-corrected chi connectivity index (χ4v) is 4.81. The number of nitrogens with zero attached hydrogens (tertiary/aromatic N) is 1. The van der Waals surface area contributed by atoms with Crippen molar-refractivity contribution in [2.24, 2.45) is 5.92 Å². The lowest BCUT2D eigenvalue weighted by atomic mass is 9.98. The van der Waals surface area contributed by atoms with Crippen molar-refractivity contribution in [3.05, 3.63) is 48.5 Å². The molecule has 2 aromatic carbocycles. The van der Waals surface area contributed by atoms with Crippen molar-refractivity contribution in [3.8, 4) is 11.5 Å². The standard InChI is InChI=1S/C20H21F3N2O5S/c1-29-15-8-10-16(11-9-15)31(27,28)25-12-4-5-14(13-25)19(26)24-17-6-2-3-7-18(17)30-20(21,22)23/h2-3,6-11,14H,4-5,12-13H2,1H3,(H,24,26)/t14-/m1/s1. The van der Waals surface area contributed by atoms with Crippen LogP contribution < -0.4 is 14.8 Å². The van der Waals surface area contributed by atoms with Crippen LogP contribution in [0.25, 0.3) is 0 Å². The lowest BCUT2D eigenvalue weighted by molar-refractivity contribution is -0.274. The van der Waals surface area contributed by atoms with E-state index in [0.29, 0.717) is 18.6 Å². The van der Waals surface area contributed by atoms with E-state index in [1.165, 1.54) is 53.9 Å². The molecule has 1 amide bonds. The SMILES string of the molecule is COc1ccc(S(=O)(=O)N2CCC[C@@H](C(=O)Nc3ccccc3OC(F)(F)F)C2)cc1. The Morgan fingerprint density at radius 3 is 2.45 bits per heavy atom. The summed E-state index contributed by atoms with van der Waals surface area (Å²) in [5.74, 6) is -1.33. The molecule has 168 valence electrons. The zero-order valence-electron chi connectivity index (χ0n) is 16.6. The molecule has 0 unspecified atom stereocenters. The number of amides is 1.